The normalized spacial score (nSPS) is 54.1. The molecule has 0 amide bonds. The van der Waals surface area contributed by atoms with Crippen molar-refractivity contribution in [2.24, 2.45) is 40.4 Å². The van der Waals surface area contributed by atoms with Gasteiger partial charge < -0.3 is 19.7 Å². The van der Waals surface area contributed by atoms with Crippen molar-refractivity contribution < 1.29 is 34.1 Å². The highest BCUT2D eigenvalue weighted by atomic mass is 16.6. The molecule has 162 valence electrons. The molecule has 1 heterocycles. The summed E-state index contributed by atoms with van der Waals surface area (Å²) in [5.41, 5.74) is -1.62. The van der Waals surface area contributed by atoms with Crippen molar-refractivity contribution in [1.29, 1.82) is 0 Å². The zero-order valence-electron chi connectivity index (χ0n) is 17.8. The second-order valence-corrected chi connectivity index (χ2v) is 10.3. The third-order valence-corrected chi connectivity index (χ3v) is 8.96. The summed E-state index contributed by atoms with van der Waals surface area (Å²) in [6, 6.07) is 0. The van der Waals surface area contributed by atoms with Crippen molar-refractivity contribution in [3.63, 3.8) is 0 Å². The molecular formula is C22H32O7. The molecule has 7 nitrogen and oxygen atoms in total. The van der Waals surface area contributed by atoms with Crippen molar-refractivity contribution in [2.75, 3.05) is 0 Å². The van der Waals surface area contributed by atoms with Crippen molar-refractivity contribution in [1.82, 2.24) is 0 Å². The van der Waals surface area contributed by atoms with Crippen molar-refractivity contribution >= 4 is 17.7 Å². The SMILES string of the molecule is CC(=O)OC1C(O)C(C)C2CC(=O)OC3CC4C(C)CC(O)C(=O)C4(C)C1C32C. The van der Waals surface area contributed by atoms with E-state index in [1.807, 2.05) is 27.7 Å². The highest BCUT2D eigenvalue weighted by Gasteiger charge is 2.74. The fourth-order valence-electron chi connectivity index (χ4n) is 7.71. The molecule has 4 fully saturated rings. The van der Waals surface area contributed by atoms with Crippen LogP contribution >= 0.6 is 0 Å². The van der Waals surface area contributed by atoms with E-state index < -0.39 is 47.1 Å². The fraction of sp³-hybridized carbons (Fsp3) is 0.864. The summed E-state index contributed by atoms with van der Waals surface area (Å²) in [4.78, 5) is 37.8. The van der Waals surface area contributed by atoms with Crippen LogP contribution in [0.4, 0.5) is 0 Å². The molecule has 11 atom stereocenters. The first kappa shape index (κ1) is 20.8. The second kappa shape index (κ2) is 6.51. The lowest BCUT2D eigenvalue weighted by molar-refractivity contribution is -0.285. The zero-order chi connectivity index (χ0) is 21.5. The lowest BCUT2D eigenvalue weighted by Gasteiger charge is -2.69. The summed E-state index contributed by atoms with van der Waals surface area (Å²) in [5.74, 6) is -2.18. The lowest BCUT2D eigenvalue weighted by atomic mass is 9.37. The number of ether oxygens (including phenoxy) is 2. The summed E-state index contributed by atoms with van der Waals surface area (Å²) in [5, 5.41) is 21.7. The number of aliphatic hydroxyl groups is 2. The molecule has 4 rings (SSSR count). The van der Waals surface area contributed by atoms with E-state index in [9.17, 15) is 24.6 Å². The van der Waals surface area contributed by atoms with E-state index in [0.717, 1.165) is 0 Å². The number of Topliss-reactive ketones (excluding diaryl/α,β-unsaturated/α-hetero) is 1. The molecule has 0 bridgehead atoms. The average Bonchev–Trinajstić information content (AvgIpc) is 2.62. The fourth-order valence-corrected chi connectivity index (χ4v) is 7.71. The molecule has 29 heavy (non-hydrogen) atoms. The molecule has 4 aliphatic rings. The number of ketones is 1. The maximum absolute atomic E-state index is 13.4. The standard InChI is InChI=1S/C22H32O7/c1-9-6-14(24)20(27)22(5)12(9)7-15-21(4)13(8-16(25)29-15)10(2)17(26)18(19(21)22)28-11(3)23/h9-10,12-15,17-19,24,26H,6-8H2,1-5H3. The summed E-state index contributed by atoms with van der Waals surface area (Å²) in [6.45, 7) is 9.05. The Labute approximate surface area is 171 Å². The first-order valence-electron chi connectivity index (χ1n) is 10.7. The Hall–Kier alpha value is -1.47. The van der Waals surface area contributed by atoms with Crippen molar-refractivity contribution in [2.45, 2.75) is 78.3 Å². The van der Waals surface area contributed by atoms with Gasteiger partial charge in [0.2, 0.25) is 0 Å². The van der Waals surface area contributed by atoms with Crippen LogP contribution in [-0.2, 0) is 23.9 Å². The summed E-state index contributed by atoms with van der Waals surface area (Å²) < 4.78 is 11.5. The van der Waals surface area contributed by atoms with Gasteiger partial charge in [-0.3, -0.25) is 14.4 Å². The van der Waals surface area contributed by atoms with Gasteiger partial charge in [0.1, 0.15) is 18.3 Å². The third kappa shape index (κ3) is 2.59. The van der Waals surface area contributed by atoms with Crippen LogP contribution in [0.15, 0.2) is 0 Å². The predicted molar refractivity (Wildman–Crippen MR) is 101 cm³/mol. The molecule has 0 aromatic carbocycles. The monoisotopic (exact) mass is 408 g/mol. The van der Waals surface area contributed by atoms with Crippen LogP contribution in [0.3, 0.4) is 0 Å². The van der Waals surface area contributed by atoms with Crippen LogP contribution in [-0.4, -0.2) is 52.4 Å². The Morgan fingerprint density at radius 1 is 1.14 bits per heavy atom. The molecule has 0 aromatic heterocycles. The Kier molecular flexibility index (Phi) is 4.67. The number of hydrogen-bond donors (Lipinski definition) is 2. The number of hydrogen-bond acceptors (Lipinski definition) is 7. The van der Waals surface area contributed by atoms with E-state index in [0.29, 0.717) is 12.8 Å². The van der Waals surface area contributed by atoms with Gasteiger partial charge in [-0.25, -0.2) is 0 Å². The first-order valence-corrected chi connectivity index (χ1v) is 10.7. The molecule has 0 aromatic rings. The van der Waals surface area contributed by atoms with Crippen molar-refractivity contribution in [3.8, 4) is 0 Å². The smallest absolute Gasteiger partial charge is 0.306 e. The molecule has 1 saturated heterocycles. The van der Waals surface area contributed by atoms with Crippen molar-refractivity contribution in [3.05, 3.63) is 0 Å². The van der Waals surface area contributed by atoms with Gasteiger partial charge in [0.15, 0.2) is 5.78 Å². The number of fused-ring (bicyclic) bond motifs is 2. The van der Waals surface area contributed by atoms with Gasteiger partial charge in [-0.05, 0) is 36.5 Å². The number of carbonyl (C=O) groups excluding carboxylic acids is 3. The first-order chi connectivity index (χ1) is 13.4. The number of carbonyl (C=O) groups is 3. The van der Waals surface area contributed by atoms with E-state index in [2.05, 4.69) is 0 Å². The Morgan fingerprint density at radius 2 is 1.79 bits per heavy atom. The van der Waals surface area contributed by atoms with E-state index in [-0.39, 0.29) is 41.8 Å². The minimum absolute atomic E-state index is 0.0331. The van der Waals surface area contributed by atoms with E-state index in [1.54, 1.807) is 0 Å². The summed E-state index contributed by atoms with van der Waals surface area (Å²) >= 11 is 0. The molecule has 3 aliphatic carbocycles. The van der Waals surface area contributed by atoms with Gasteiger partial charge in [0.25, 0.3) is 0 Å². The molecule has 0 spiro atoms. The number of esters is 2. The highest BCUT2D eigenvalue weighted by molar-refractivity contribution is 5.90. The average molecular weight is 408 g/mol. The van der Waals surface area contributed by atoms with E-state index >= 15 is 0 Å². The van der Waals surface area contributed by atoms with Gasteiger partial charge in [-0.2, -0.15) is 0 Å². The van der Waals surface area contributed by atoms with E-state index in [4.69, 9.17) is 9.47 Å². The van der Waals surface area contributed by atoms with Crippen LogP contribution in [0, 0.1) is 40.4 Å². The van der Waals surface area contributed by atoms with Gasteiger partial charge >= 0.3 is 11.9 Å². The van der Waals surface area contributed by atoms with Crippen LogP contribution < -0.4 is 0 Å². The van der Waals surface area contributed by atoms with Gasteiger partial charge in [0, 0.05) is 30.1 Å². The molecular weight excluding hydrogens is 376 g/mol. The molecule has 3 saturated carbocycles. The minimum Gasteiger partial charge on any atom is -0.462 e. The Morgan fingerprint density at radius 3 is 2.41 bits per heavy atom. The summed E-state index contributed by atoms with van der Waals surface area (Å²) in [7, 11) is 0. The quantitative estimate of drug-likeness (QED) is 0.632. The van der Waals surface area contributed by atoms with Gasteiger partial charge in [0.05, 0.1) is 6.10 Å². The molecule has 7 heteroatoms. The number of rotatable bonds is 1. The lowest BCUT2D eigenvalue weighted by Crippen LogP contribution is -2.75. The number of aliphatic hydroxyl groups excluding tert-OH is 2. The maximum Gasteiger partial charge on any atom is 0.306 e. The van der Waals surface area contributed by atoms with E-state index in [1.165, 1.54) is 6.92 Å². The zero-order valence-corrected chi connectivity index (χ0v) is 17.8. The third-order valence-electron chi connectivity index (χ3n) is 8.96. The topological polar surface area (TPSA) is 110 Å². The van der Waals surface area contributed by atoms with Crippen LogP contribution in [0.2, 0.25) is 0 Å². The Balaban J connectivity index is 1.93. The van der Waals surface area contributed by atoms with Gasteiger partial charge in [-0.1, -0.05) is 27.7 Å². The summed E-state index contributed by atoms with van der Waals surface area (Å²) in [6.07, 6.45) is -2.30. The van der Waals surface area contributed by atoms with Crippen LogP contribution in [0.5, 0.6) is 0 Å². The second-order valence-electron chi connectivity index (χ2n) is 10.3. The highest BCUT2D eigenvalue weighted by Crippen LogP contribution is 2.68. The molecule has 2 N–H and O–H groups in total. The maximum atomic E-state index is 13.4. The van der Waals surface area contributed by atoms with Crippen LogP contribution in [0.1, 0.15) is 53.9 Å². The Bertz CT molecular complexity index is 749. The molecule has 11 unspecified atom stereocenters. The minimum atomic E-state index is -1.08. The van der Waals surface area contributed by atoms with Crippen LogP contribution in [0.25, 0.3) is 0 Å². The molecule has 0 radical (unpaired) electrons. The van der Waals surface area contributed by atoms with Gasteiger partial charge in [-0.15, -0.1) is 0 Å². The predicted octanol–water partition coefficient (Wildman–Crippen LogP) is 1.48. The molecule has 1 aliphatic heterocycles. The largest absolute Gasteiger partial charge is 0.462 e.